The van der Waals surface area contributed by atoms with E-state index in [0.717, 1.165) is 18.3 Å². The van der Waals surface area contributed by atoms with Gasteiger partial charge >= 0.3 is 0 Å². The highest BCUT2D eigenvalue weighted by molar-refractivity contribution is 9.10. The molecule has 4 fully saturated rings. The van der Waals surface area contributed by atoms with Crippen LogP contribution in [-0.4, -0.2) is 15.8 Å². The summed E-state index contributed by atoms with van der Waals surface area (Å²) in [5.74, 6) is 1.92. The summed E-state index contributed by atoms with van der Waals surface area (Å²) < 4.78 is 0.345. The molecule has 4 aliphatic carbocycles. The van der Waals surface area contributed by atoms with E-state index in [1.807, 2.05) is 6.92 Å². The average molecular weight is 286 g/mol. The van der Waals surface area contributed by atoms with Crippen LogP contribution in [0.3, 0.4) is 0 Å². The summed E-state index contributed by atoms with van der Waals surface area (Å²) in [5.41, 5.74) is 0.140. The second kappa shape index (κ2) is 3.47. The predicted octanol–water partition coefficient (Wildman–Crippen LogP) is 3.00. The fourth-order valence-electron chi connectivity index (χ4n) is 4.68. The van der Waals surface area contributed by atoms with Gasteiger partial charge in [-0.1, -0.05) is 22.9 Å². The zero-order valence-corrected chi connectivity index (χ0v) is 11.5. The van der Waals surface area contributed by atoms with Gasteiger partial charge in [0.25, 0.3) is 0 Å². The van der Waals surface area contributed by atoms with Crippen molar-refractivity contribution in [3.8, 4) is 0 Å². The lowest BCUT2D eigenvalue weighted by molar-refractivity contribution is -0.125. The molecule has 0 spiro atoms. The lowest BCUT2D eigenvalue weighted by atomic mass is 9.53. The van der Waals surface area contributed by atoms with Crippen LogP contribution < -0.4 is 5.32 Å². The summed E-state index contributed by atoms with van der Waals surface area (Å²) in [6, 6.07) is 0. The molecule has 0 heterocycles. The third-order valence-corrected chi connectivity index (χ3v) is 5.64. The van der Waals surface area contributed by atoms with Crippen molar-refractivity contribution in [3.63, 3.8) is 0 Å². The normalized spacial score (nSPS) is 49.4. The van der Waals surface area contributed by atoms with E-state index in [1.165, 1.54) is 32.1 Å². The maximum Gasteiger partial charge on any atom is 0.220 e. The Balaban J connectivity index is 1.83. The number of hydrogen-bond acceptors (Lipinski definition) is 1. The van der Waals surface area contributed by atoms with Crippen LogP contribution >= 0.6 is 15.9 Å². The van der Waals surface area contributed by atoms with Gasteiger partial charge in [0.1, 0.15) is 0 Å². The minimum Gasteiger partial charge on any atom is -0.351 e. The zero-order chi connectivity index (χ0) is 11.4. The van der Waals surface area contributed by atoms with Crippen molar-refractivity contribution in [3.05, 3.63) is 0 Å². The molecule has 0 aliphatic heterocycles. The molecule has 1 amide bonds. The molecule has 16 heavy (non-hydrogen) atoms. The number of carbonyl (C=O) groups excluding carboxylic acids is 1. The van der Waals surface area contributed by atoms with E-state index in [9.17, 15) is 4.79 Å². The van der Waals surface area contributed by atoms with Gasteiger partial charge in [0, 0.05) is 16.3 Å². The molecular weight excluding hydrogens is 266 g/mol. The van der Waals surface area contributed by atoms with Gasteiger partial charge in [0.05, 0.1) is 0 Å². The molecule has 4 rings (SSSR count). The molecule has 2 unspecified atom stereocenters. The van der Waals surface area contributed by atoms with Crippen molar-refractivity contribution < 1.29 is 4.79 Å². The van der Waals surface area contributed by atoms with Gasteiger partial charge in [-0.2, -0.15) is 0 Å². The molecule has 1 N–H and O–H groups in total. The van der Waals surface area contributed by atoms with Crippen LogP contribution in [-0.2, 0) is 4.79 Å². The molecule has 0 aromatic heterocycles. The molecular formula is C13H20BrNO. The van der Waals surface area contributed by atoms with Crippen LogP contribution in [0.4, 0.5) is 0 Å². The SMILES string of the molecule is CCC(=O)NC12CC3CC(CC(Br)(C3)C1)C2. The van der Waals surface area contributed by atoms with E-state index in [1.54, 1.807) is 0 Å². The van der Waals surface area contributed by atoms with Crippen LogP contribution in [0.1, 0.15) is 51.9 Å². The summed E-state index contributed by atoms with van der Waals surface area (Å²) >= 11 is 3.95. The van der Waals surface area contributed by atoms with Gasteiger partial charge in [-0.25, -0.2) is 0 Å². The van der Waals surface area contributed by atoms with Crippen molar-refractivity contribution in [1.82, 2.24) is 5.32 Å². The van der Waals surface area contributed by atoms with E-state index < -0.39 is 0 Å². The lowest BCUT2D eigenvalue weighted by Gasteiger charge is -2.60. The Morgan fingerprint density at radius 3 is 2.44 bits per heavy atom. The largest absolute Gasteiger partial charge is 0.351 e. The van der Waals surface area contributed by atoms with Gasteiger partial charge in [0.15, 0.2) is 0 Å². The van der Waals surface area contributed by atoms with Crippen LogP contribution in [0.25, 0.3) is 0 Å². The van der Waals surface area contributed by atoms with Gasteiger partial charge in [-0.3, -0.25) is 4.79 Å². The molecule has 0 aromatic rings. The van der Waals surface area contributed by atoms with Crippen LogP contribution in [0.5, 0.6) is 0 Å². The first-order valence-corrected chi connectivity index (χ1v) is 7.32. The Morgan fingerprint density at radius 2 is 1.94 bits per heavy atom. The summed E-state index contributed by atoms with van der Waals surface area (Å²) in [5, 5.41) is 3.33. The third kappa shape index (κ3) is 1.71. The molecule has 2 nitrogen and oxygen atoms in total. The van der Waals surface area contributed by atoms with Gasteiger partial charge in [-0.05, 0) is 50.4 Å². The van der Waals surface area contributed by atoms with Gasteiger partial charge < -0.3 is 5.32 Å². The van der Waals surface area contributed by atoms with Crippen molar-refractivity contribution in [2.45, 2.75) is 61.7 Å². The first-order chi connectivity index (χ1) is 7.53. The number of carbonyl (C=O) groups is 1. The highest BCUT2D eigenvalue weighted by Crippen LogP contribution is 2.60. The summed E-state index contributed by atoms with van der Waals surface area (Å²) in [7, 11) is 0. The highest BCUT2D eigenvalue weighted by atomic mass is 79.9. The fraction of sp³-hybridized carbons (Fsp3) is 0.923. The Labute approximate surface area is 106 Å². The summed E-state index contributed by atoms with van der Waals surface area (Å²) in [4.78, 5) is 11.7. The van der Waals surface area contributed by atoms with E-state index >= 15 is 0 Å². The van der Waals surface area contributed by atoms with E-state index in [2.05, 4.69) is 21.2 Å². The Bertz CT molecular complexity index is 314. The third-order valence-electron chi connectivity index (χ3n) is 4.72. The van der Waals surface area contributed by atoms with Crippen molar-refractivity contribution in [1.29, 1.82) is 0 Å². The average Bonchev–Trinajstić information content (AvgIpc) is 2.12. The molecule has 4 saturated carbocycles. The number of halogens is 1. The number of amides is 1. The highest BCUT2D eigenvalue weighted by Gasteiger charge is 2.57. The standard InChI is InChI=1S/C13H20BrNO/c1-2-11(16)15-13-6-9-3-10(7-13)5-12(14,4-9)8-13/h9-10H,2-8H2,1H3,(H,15,16). The van der Waals surface area contributed by atoms with Gasteiger partial charge in [0.2, 0.25) is 5.91 Å². The van der Waals surface area contributed by atoms with Crippen LogP contribution in [0.2, 0.25) is 0 Å². The molecule has 4 bridgehead atoms. The Hall–Kier alpha value is -0.0500. The molecule has 3 heteroatoms. The van der Waals surface area contributed by atoms with E-state index in [-0.39, 0.29) is 11.4 Å². The first kappa shape index (κ1) is 11.1. The second-order valence-corrected chi connectivity index (χ2v) is 7.98. The fourth-order valence-corrected chi connectivity index (χ4v) is 6.13. The number of hydrogen-bond donors (Lipinski definition) is 1. The smallest absolute Gasteiger partial charge is 0.220 e. The molecule has 2 atom stereocenters. The first-order valence-electron chi connectivity index (χ1n) is 6.52. The lowest BCUT2D eigenvalue weighted by Crippen LogP contribution is -2.63. The molecule has 4 aliphatic rings. The zero-order valence-electron chi connectivity index (χ0n) is 9.89. The topological polar surface area (TPSA) is 29.1 Å². The summed E-state index contributed by atoms with van der Waals surface area (Å²) in [6.07, 6.45) is 8.27. The van der Waals surface area contributed by atoms with Crippen LogP contribution in [0.15, 0.2) is 0 Å². The van der Waals surface area contributed by atoms with Crippen LogP contribution in [0, 0.1) is 11.8 Å². The molecule has 0 radical (unpaired) electrons. The number of rotatable bonds is 2. The number of alkyl halides is 1. The van der Waals surface area contributed by atoms with E-state index in [4.69, 9.17) is 0 Å². The van der Waals surface area contributed by atoms with E-state index in [0.29, 0.717) is 10.7 Å². The Kier molecular flexibility index (Phi) is 2.40. The van der Waals surface area contributed by atoms with Crippen molar-refractivity contribution in [2.75, 3.05) is 0 Å². The van der Waals surface area contributed by atoms with Crippen molar-refractivity contribution >= 4 is 21.8 Å². The monoisotopic (exact) mass is 285 g/mol. The molecule has 90 valence electrons. The quantitative estimate of drug-likeness (QED) is 0.777. The maximum atomic E-state index is 11.7. The van der Waals surface area contributed by atoms with Crippen molar-refractivity contribution in [2.24, 2.45) is 11.8 Å². The minimum absolute atomic E-state index is 0.140. The summed E-state index contributed by atoms with van der Waals surface area (Å²) in [6.45, 7) is 1.94. The molecule has 0 saturated heterocycles. The predicted molar refractivity (Wildman–Crippen MR) is 67.5 cm³/mol. The minimum atomic E-state index is 0.140. The second-order valence-electron chi connectivity index (χ2n) is 6.29. The number of nitrogens with one attached hydrogen (secondary N) is 1. The Morgan fingerprint density at radius 1 is 1.31 bits per heavy atom. The molecule has 0 aromatic carbocycles. The van der Waals surface area contributed by atoms with Gasteiger partial charge in [-0.15, -0.1) is 0 Å². The maximum absolute atomic E-state index is 11.7.